The number of esters is 1. The predicted octanol–water partition coefficient (Wildman–Crippen LogP) is 2.98. The fraction of sp³-hybridized carbons (Fsp3) is 0.400. The summed E-state index contributed by atoms with van der Waals surface area (Å²) in [5, 5.41) is 1.07. The lowest BCUT2D eigenvalue weighted by atomic mass is 10.1. The standard InChI is InChI=1S/C15H19NO3/c1-4-18-7-8-19-15(17)12-5-6-14-13(9-12)10(2)11(3)16-14/h5-6,9,16H,4,7-8H2,1-3H3. The van der Waals surface area contributed by atoms with Crippen LogP contribution in [0, 0.1) is 13.8 Å². The number of nitrogens with one attached hydrogen (secondary N) is 1. The quantitative estimate of drug-likeness (QED) is 0.665. The van der Waals surface area contributed by atoms with E-state index in [2.05, 4.69) is 4.98 Å². The molecule has 0 amide bonds. The Kier molecular flexibility index (Phi) is 4.22. The van der Waals surface area contributed by atoms with Crippen molar-refractivity contribution < 1.29 is 14.3 Å². The third-order valence-electron chi connectivity index (χ3n) is 3.21. The van der Waals surface area contributed by atoms with Crippen LogP contribution in [0.15, 0.2) is 18.2 Å². The van der Waals surface area contributed by atoms with Gasteiger partial charge in [-0.1, -0.05) is 0 Å². The monoisotopic (exact) mass is 261 g/mol. The van der Waals surface area contributed by atoms with E-state index in [1.54, 1.807) is 6.07 Å². The molecule has 0 saturated carbocycles. The number of H-pyrrole nitrogens is 1. The van der Waals surface area contributed by atoms with Crippen LogP contribution in [0.2, 0.25) is 0 Å². The molecule has 19 heavy (non-hydrogen) atoms. The van der Waals surface area contributed by atoms with Crippen molar-refractivity contribution in [3.8, 4) is 0 Å². The van der Waals surface area contributed by atoms with Gasteiger partial charge in [0.15, 0.2) is 0 Å². The number of rotatable bonds is 5. The number of carbonyl (C=O) groups excluding carboxylic acids is 1. The van der Waals surface area contributed by atoms with Crippen molar-refractivity contribution in [3.63, 3.8) is 0 Å². The van der Waals surface area contributed by atoms with Gasteiger partial charge in [0, 0.05) is 23.2 Å². The van der Waals surface area contributed by atoms with Gasteiger partial charge in [0.2, 0.25) is 0 Å². The first-order valence-electron chi connectivity index (χ1n) is 6.47. The smallest absolute Gasteiger partial charge is 0.338 e. The van der Waals surface area contributed by atoms with E-state index < -0.39 is 0 Å². The maximum atomic E-state index is 11.9. The number of hydrogen-bond acceptors (Lipinski definition) is 3. The Morgan fingerprint density at radius 2 is 2.05 bits per heavy atom. The second-order valence-corrected chi connectivity index (χ2v) is 4.47. The summed E-state index contributed by atoms with van der Waals surface area (Å²) >= 11 is 0. The first-order valence-corrected chi connectivity index (χ1v) is 6.47. The first-order chi connectivity index (χ1) is 9.13. The second-order valence-electron chi connectivity index (χ2n) is 4.47. The lowest BCUT2D eigenvalue weighted by Gasteiger charge is -2.05. The molecule has 0 radical (unpaired) electrons. The largest absolute Gasteiger partial charge is 0.460 e. The molecule has 0 aliphatic rings. The highest BCUT2D eigenvalue weighted by Crippen LogP contribution is 2.22. The zero-order chi connectivity index (χ0) is 13.8. The molecule has 0 fully saturated rings. The van der Waals surface area contributed by atoms with E-state index in [1.165, 1.54) is 5.56 Å². The van der Waals surface area contributed by atoms with Gasteiger partial charge in [0.1, 0.15) is 6.61 Å². The molecular formula is C15H19NO3. The Morgan fingerprint density at radius 1 is 1.26 bits per heavy atom. The summed E-state index contributed by atoms with van der Waals surface area (Å²) in [5.74, 6) is -0.306. The van der Waals surface area contributed by atoms with Crippen LogP contribution in [0.25, 0.3) is 10.9 Å². The Morgan fingerprint density at radius 3 is 2.79 bits per heavy atom. The molecule has 1 aromatic carbocycles. The summed E-state index contributed by atoms with van der Waals surface area (Å²) in [6.07, 6.45) is 0. The van der Waals surface area contributed by atoms with Gasteiger partial charge in [-0.2, -0.15) is 0 Å². The highest BCUT2D eigenvalue weighted by molar-refractivity contribution is 5.96. The minimum Gasteiger partial charge on any atom is -0.460 e. The number of carbonyl (C=O) groups is 1. The number of aryl methyl sites for hydroxylation is 2. The minimum absolute atomic E-state index is 0.288. The minimum atomic E-state index is -0.306. The highest BCUT2D eigenvalue weighted by Gasteiger charge is 2.10. The molecule has 1 N–H and O–H groups in total. The Hall–Kier alpha value is -1.81. The Balaban J connectivity index is 2.12. The molecule has 0 spiro atoms. The molecule has 0 aliphatic heterocycles. The zero-order valence-electron chi connectivity index (χ0n) is 11.6. The van der Waals surface area contributed by atoms with Gasteiger partial charge >= 0.3 is 5.97 Å². The summed E-state index contributed by atoms with van der Waals surface area (Å²) in [6, 6.07) is 5.56. The predicted molar refractivity (Wildman–Crippen MR) is 74.5 cm³/mol. The molecular weight excluding hydrogens is 242 g/mol. The Labute approximate surface area is 112 Å². The molecule has 1 aromatic heterocycles. The van der Waals surface area contributed by atoms with Crippen LogP contribution in [0.5, 0.6) is 0 Å². The molecule has 2 rings (SSSR count). The van der Waals surface area contributed by atoms with Crippen molar-refractivity contribution in [1.29, 1.82) is 0 Å². The molecule has 102 valence electrons. The molecule has 0 unspecified atom stereocenters. The third kappa shape index (κ3) is 2.96. The van der Waals surface area contributed by atoms with Crippen molar-refractivity contribution in [1.82, 2.24) is 4.98 Å². The number of hydrogen-bond donors (Lipinski definition) is 1. The molecule has 0 atom stereocenters. The van der Waals surface area contributed by atoms with Gasteiger partial charge in [-0.05, 0) is 44.5 Å². The van der Waals surface area contributed by atoms with Crippen LogP contribution in [0.1, 0.15) is 28.5 Å². The summed E-state index contributed by atoms with van der Waals surface area (Å²) in [4.78, 5) is 15.2. The molecule has 0 bridgehead atoms. The van der Waals surface area contributed by atoms with E-state index in [1.807, 2.05) is 32.9 Å². The average molecular weight is 261 g/mol. The normalized spacial score (nSPS) is 10.9. The van der Waals surface area contributed by atoms with Crippen LogP contribution in [0.3, 0.4) is 0 Å². The number of ether oxygens (including phenoxy) is 2. The summed E-state index contributed by atoms with van der Waals surface area (Å²) in [5.41, 5.74) is 3.91. The van der Waals surface area contributed by atoms with E-state index in [-0.39, 0.29) is 12.6 Å². The van der Waals surface area contributed by atoms with Gasteiger partial charge in [-0.3, -0.25) is 0 Å². The third-order valence-corrected chi connectivity index (χ3v) is 3.21. The van der Waals surface area contributed by atoms with Crippen LogP contribution < -0.4 is 0 Å². The number of benzene rings is 1. The molecule has 2 aromatic rings. The van der Waals surface area contributed by atoms with Crippen LogP contribution in [-0.4, -0.2) is 30.8 Å². The summed E-state index contributed by atoms with van der Waals surface area (Å²) < 4.78 is 10.3. The van der Waals surface area contributed by atoms with Gasteiger partial charge in [0.05, 0.1) is 12.2 Å². The van der Waals surface area contributed by atoms with E-state index in [4.69, 9.17) is 9.47 Å². The van der Waals surface area contributed by atoms with Crippen molar-refractivity contribution in [2.75, 3.05) is 19.8 Å². The summed E-state index contributed by atoms with van der Waals surface area (Å²) in [7, 11) is 0. The Bertz CT molecular complexity index is 586. The maximum Gasteiger partial charge on any atom is 0.338 e. The molecule has 4 nitrogen and oxygen atoms in total. The second kappa shape index (κ2) is 5.89. The van der Waals surface area contributed by atoms with Crippen LogP contribution >= 0.6 is 0 Å². The van der Waals surface area contributed by atoms with Crippen molar-refractivity contribution in [3.05, 3.63) is 35.0 Å². The molecule has 1 heterocycles. The number of aromatic nitrogens is 1. The topological polar surface area (TPSA) is 51.3 Å². The van der Waals surface area contributed by atoms with Gasteiger partial charge in [-0.15, -0.1) is 0 Å². The van der Waals surface area contributed by atoms with E-state index >= 15 is 0 Å². The molecule has 0 saturated heterocycles. The zero-order valence-corrected chi connectivity index (χ0v) is 11.6. The van der Waals surface area contributed by atoms with Gasteiger partial charge in [-0.25, -0.2) is 4.79 Å². The van der Waals surface area contributed by atoms with Gasteiger partial charge < -0.3 is 14.5 Å². The lowest BCUT2D eigenvalue weighted by molar-refractivity contribution is 0.0335. The van der Waals surface area contributed by atoms with Crippen LogP contribution in [-0.2, 0) is 9.47 Å². The van der Waals surface area contributed by atoms with E-state index in [9.17, 15) is 4.79 Å². The fourth-order valence-corrected chi connectivity index (χ4v) is 2.01. The highest BCUT2D eigenvalue weighted by atomic mass is 16.6. The molecule has 0 aliphatic carbocycles. The average Bonchev–Trinajstić information content (AvgIpc) is 2.70. The van der Waals surface area contributed by atoms with Crippen molar-refractivity contribution in [2.45, 2.75) is 20.8 Å². The van der Waals surface area contributed by atoms with Crippen LogP contribution in [0.4, 0.5) is 0 Å². The van der Waals surface area contributed by atoms with Gasteiger partial charge in [0.25, 0.3) is 0 Å². The number of fused-ring (bicyclic) bond motifs is 1. The van der Waals surface area contributed by atoms with E-state index in [0.29, 0.717) is 18.8 Å². The fourth-order valence-electron chi connectivity index (χ4n) is 2.01. The van der Waals surface area contributed by atoms with Crippen molar-refractivity contribution >= 4 is 16.9 Å². The van der Waals surface area contributed by atoms with Crippen molar-refractivity contribution in [2.24, 2.45) is 0 Å². The lowest BCUT2D eigenvalue weighted by Crippen LogP contribution is -2.10. The first kappa shape index (κ1) is 13.6. The number of aromatic amines is 1. The molecule has 4 heteroatoms. The maximum absolute atomic E-state index is 11.9. The van der Waals surface area contributed by atoms with E-state index in [0.717, 1.165) is 16.6 Å². The summed E-state index contributed by atoms with van der Waals surface area (Å²) in [6.45, 7) is 7.33. The SMILES string of the molecule is CCOCCOC(=O)c1ccc2[nH]c(C)c(C)c2c1.